The molecule has 0 aliphatic carbocycles. The number of benzene rings is 2. The van der Waals surface area contributed by atoms with Crippen molar-refractivity contribution in [3.63, 3.8) is 0 Å². The summed E-state index contributed by atoms with van der Waals surface area (Å²) in [6, 6.07) is 9.09. The fraction of sp³-hybridized carbons (Fsp3) is 0.0588. The van der Waals surface area contributed by atoms with Gasteiger partial charge in [-0.2, -0.15) is 0 Å². The van der Waals surface area contributed by atoms with Crippen LogP contribution in [0.1, 0.15) is 15.9 Å². The summed E-state index contributed by atoms with van der Waals surface area (Å²) in [7, 11) is -4.07. The Morgan fingerprint density at radius 1 is 1.18 bits per heavy atom. The molecule has 6 nitrogen and oxygen atoms in total. The molecule has 2 aromatic carbocycles. The van der Waals surface area contributed by atoms with Crippen LogP contribution in [0.15, 0.2) is 53.6 Å². The second-order valence-corrected chi connectivity index (χ2v) is 9.51. The fourth-order valence-corrected chi connectivity index (χ4v) is 5.06. The molecule has 0 bridgehead atoms. The largest absolute Gasteiger partial charge is 0.366 e. The highest BCUT2D eigenvalue weighted by Crippen LogP contribution is 2.32. The lowest BCUT2D eigenvalue weighted by atomic mass is 10.2. The zero-order valence-corrected chi connectivity index (χ0v) is 17.1. The first-order valence-corrected chi connectivity index (χ1v) is 10.7. The van der Waals surface area contributed by atoms with Gasteiger partial charge in [0.05, 0.1) is 22.7 Å². The summed E-state index contributed by atoms with van der Waals surface area (Å²) in [5.41, 5.74) is 5.82. The predicted molar refractivity (Wildman–Crippen MR) is 107 cm³/mol. The zero-order chi connectivity index (χ0) is 20.5. The summed E-state index contributed by atoms with van der Waals surface area (Å²) in [6.45, 7) is -0.149. The maximum Gasteiger partial charge on any atom is 0.266 e. The van der Waals surface area contributed by atoms with E-state index >= 15 is 0 Å². The predicted octanol–water partition coefficient (Wildman–Crippen LogP) is 4.08. The molecule has 146 valence electrons. The number of thiazole rings is 1. The van der Waals surface area contributed by atoms with Crippen LogP contribution in [0.4, 0.5) is 9.52 Å². The first kappa shape index (κ1) is 20.5. The van der Waals surface area contributed by atoms with Crippen molar-refractivity contribution in [2.45, 2.75) is 11.4 Å². The molecule has 1 heterocycles. The molecule has 1 aromatic heterocycles. The van der Waals surface area contributed by atoms with Crippen LogP contribution in [0.2, 0.25) is 9.36 Å². The van der Waals surface area contributed by atoms with Gasteiger partial charge in [0.15, 0.2) is 0 Å². The van der Waals surface area contributed by atoms with E-state index in [1.54, 1.807) is 0 Å². The number of halogens is 3. The Kier molecular flexibility index (Phi) is 5.90. The standard InChI is InChI=1S/C17H12Cl2FN3O3S2/c18-13-7-10(1-6-14(13)20)9-23(17-22-8-15(19)27-17)28(25,26)12-4-2-11(3-5-12)16(21)24/h1-8H,9H2,(H2,21,24). The molecule has 0 fully saturated rings. The van der Waals surface area contributed by atoms with Gasteiger partial charge in [-0.1, -0.05) is 40.6 Å². The number of rotatable bonds is 6. The average Bonchev–Trinajstić information content (AvgIpc) is 3.08. The molecule has 0 saturated carbocycles. The summed E-state index contributed by atoms with van der Waals surface area (Å²) in [5, 5.41) is 0.00209. The van der Waals surface area contributed by atoms with Gasteiger partial charge in [-0.3, -0.25) is 4.79 Å². The van der Waals surface area contributed by atoms with Gasteiger partial charge < -0.3 is 5.73 Å². The van der Waals surface area contributed by atoms with Crippen LogP contribution < -0.4 is 10.0 Å². The van der Waals surface area contributed by atoms with E-state index in [1.165, 1.54) is 42.6 Å². The number of hydrogen-bond donors (Lipinski definition) is 1. The maximum absolute atomic E-state index is 13.4. The number of primary amides is 1. The number of anilines is 1. The first-order valence-electron chi connectivity index (χ1n) is 7.66. The summed E-state index contributed by atoms with van der Waals surface area (Å²) >= 11 is 12.7. The van der Waals surface area contributed by atoms with Gasteiger partial charge in [0.25, 0.3) is 10.0 Å². The molecule has 0 aliphatic heterocycles. The van der Waals surface area contributed by atoms with Crippen LogP contribution in [-0.2, 0) is 16.6 Å². The van der Waals surface area contributed by atoms with E-state index in [2.05, 4.69) is 4.98 Å². The highest BCUT2D eigenvalue weighted by atomic mass is 35.5. The van der Waals surface area contributed by atoms with Crippen LogP contribution in [0, 0.1) is 5.82 Å². The first-order chi connectivity index (χ1) is 13.2. The minimum absolute atomic E-state index is 0.0722. The number of hydrogen-bond acceptors (Lipinski definition) is 5. The van der Waals surface area contributed by atoms with Gasteiger partial charge in [-0.05, 0) is 42.0 Å². The number of amides is 1. The van der Waals surface area contributed by atoms with Crippen LogP contribution in [0.3, 0.4) is 0 Å². The summed E-state index contributed by atoms with van der Waals surface area (Å²) in [5.74, 6) is -1.28. The second-order valence-electron chi connectivity index (χ2n) is 5.60. The van der Waals surface area contributed by atoms with Gasteiger partial charge in [0.1, 0.15) is 10.2 Å². The normalized spacial score (nSPS) is 11.4. The number of nitrogens with zero attached hydrogens (tertiary/aromatic N) is 2. The molecule has 0 unspecified atom stereocenters. The van der Waals surface area contributed by atoms with Crippen molar-refractivity contribution in [3.05, 3.63) is 75.0 Å². The second kappa shape index (κ2) is 8.04. The van der Waals surface area contributed by atoms with Crippen molar-refractivity contribution in [1.29, 1.82) is 0 Å². The van der Waals surface area contributed by atoms with Crippen LogP contribution in [0.5, 0.6) is 0 Å². The molecule has 0 atom stereocenters. The van der Waals surface area contributed by atoms with E-state index in [0.717, 1.165) is 21.7 Å². The van der Waals surface area contributed by atoms with Gasteiger partial charge in [0.2, 0.25) is 11.0 Å². The van der Waals surface area contributed by atoms with Gasteiger partial charge >= 0.3 is 0 Å². The molecule has 3 aromatic rings. The number of nitrogens with two attached hydrogens (primary N) is 1. The molecule has 0 aliphatic rings. The molecule has 3 rings (SSSR count). The molecule has 0 saturated heterocycles. The third-order valence-corrected chi connectivity index (χ3v) is 7.01. The third-order valence-electron chi connectivity index (χ3n) is 3.72. The van der Waals surface area contributed by atoms with E-state index in [4.69, 9.17) is 28.9 Å². The third kappa shape index (κ3) is 4.27. The lowest BCUT2D eigenvalue weighted by Gasteiger charge is -2.22. The number of aromatic nitrogens is 1. The molecule has 2 N–H and O–H groups in total. The van der Waals surface area contributed by atoms with Crippen molar-refractivity contribution < 1.29 is 17.6 Å². The Morgan fingerprint density at radius 2 is 1.86 bits per heavy atom. The quantitative estimate of drug-likeness (QED) is 0.600. The topological polar surface area (TPSA) is 93.4 Å². The molecule has 1 amide bonds. The average molecular weight is 460 g/mol. The molecule has 0 radical (unpaired) electrons. The van der Waals surface area contributed by atoms with Gasteiger partial charge in [-0.15, -0.1) is 0 Å². The highest BCUT2D eigenvalue weighted by molar-refractivity contribution is 7.93. The minimum Gasteiger partial charge on any atom is -0.366 e. The highest BCUT2D eigenvalue weighted by Gasteiger charge is 2.28. The summed E-state index contributed by atoms with van der Waals surface area (Å²) < 4.78 is 41.2. The lowest BCUT2D eigenvalue weighted by molar-refractivity contribution is 0.1000. The Labute approximate surface area is 174 Å². The van der Waals surface area contributed by atoms with Crippen LogP contribution in [0.25, 0.3) is 0 Å². The molecular weight excluding hydrogens is 448 g/mol. The number of carbonyl (C=O) groups excluding carboxylic acids is 1. The van der Waals surface area contributed by atoms with Crippen molar-refractivity contribution in [2.75, 3.05) is 4.31 Å². The summed E-state index contributed by atoms with van der Waals surface area (Å²) in [6.07, 6.45) is 1.33. The fourth-order valence-electron chi connectivity index (χ4n) is 2.34. The maximum atomic E-state index is 13.4. The molecule has 0 spiro atoms. The van der Waals surface area contributed by atoms with Gasteiger partial charge in [0, 0.05) is 5.56 Å². The Bertz CT molecular complexity index is 1130. The molecular formula is C17H12Cl2FN3O3S2. The van der Waals surface area contributed by atoms with Crippen molar-refractivity contribution in [2.24, 2.45) is 5.73 Å². The number of sulfonamides is 1. The SMILES string of the molecule is NC(=O)c1ccc(S(=O)(=O)N(Cc2ccc(F)c(Cl)c2)c2ncc(Cl)s2)cc1. The van der Waals surface area contributed by atoms with Crippen molar-refractivity contribution >= 4 is 55.6 Å². The number of carbonyl (C=O) groups is 1. The minimum atomic E-state index is -4.07. The Morgan fingerprint density at radius 3 is 2.39 bits per heavy atom. The lowest BCUT2D eigenvalue weighted by Crippen LogP contribution is -2.30. The van der Waals surface area contributed by atoms with Crippen molar-refractivity contribution in [3.8, 4) is 0 Å². The zero-order valence-electron chi connectivity index (χ0n) is 14.0. The van der Waals surface area contributed by atoms with E-state index < -0.39 is 21.7 Å². The summed E-state index contributed by atoms with van der Waals surface area (Å²) in [4.78, 5) is 15.2. The van der Waals surface area contributed by atoms with E-state index in [1.807, 2.05) is 0 Å². The van der Waals surface area contributed by atoms with Crippen LogP contribution >= 0.6 is 34.5 Å². The van der Waals surface area contributed by atoms with Crippen LogP contribution in [-0.4, -0.2) is 19.3 Å². The van der Waals surface area contributed by atoms with Gasteiger partial charge in [-0.25, -0.2) is 22.1 Å². The van der Waals surface area contributed by atoms with E-state index in [0.29, 0.717) is 9.90 Å². The monoisotopic (exact) mass is 459 g/mol. The Hall–Kier alpha value is -2.20. The Balaban J connectivity index is 2.04. The molecule has 28 heavy (non-hydrogen) atoms. The van der Waals surface area contributed by atoms with Crippen molar-refractivity contribution in [1.82, 2.24) is 4.98 Å². The van der Waals surface area contributed by atoms with E-state index in [9.17, 15) is 17.6 Å². The molecule has 11 heteroatoms. The van der Waals surface area contributed by atoms with E-state index in [-0.39, 0.29) is 27.2 Å². The smallest absolute Gasteiger partial charge is 0.266 e.